The van der Waals surface area contributed by atoms with Crippen molar-refractivity contribution in [2.75, 3.05) is 0 Å². The molecule has 176 valence electrons. The van der Waals surface area contributed by atoms with E-state index in [0.29, 0.717) is 3.97 Å². The minimum absolute atomic E-state index is 0. The van der Waals surface area contributed by atoms with Gasteiger partial charge in [0.1, 0.15) is 0 Å². The van der Waals surface area contributed by atoms with Crippen LogP contribution in [0.15, 0.2) is 48.8 Å². The molecule has 2 aromatic heterocycles. The number of carbonyl (C=O) groups is 2. The Morgan fingerprint density at radius 2 is 1.13 bits per heavy atom. The van der Waals surface area contributed by atoms with Crippen LogP contribution in [0.2, 0.25) is 0 Å². The van der Waals surface area contributed by atoms with Crippen LogP contribution < -0.4 is 20.4 Å². The summed E-state index contributed by atoms with van der Waals surface area (Å²) in [7, 11) is -9.18. The summed E-state index contributed by atoms with van der Waals surface area (Å²) in [4.78, 5) is 21.3. The van der Waals surface area contributed by atoms with Crippen molar-refractivity contribution in [1.82, 2.24) is 0 Å². The van der Waals surface area contributed by atoms with Crippen molar-refractivity contribution >= 4 is 54.3 Å². The maximum atomic E-state index is 10.7. The monoisotopic (exact) mass is 538 g/mol. The number of carbonyl (C=O) groups excluding carboxylic acids is 2. The molecule has 0 spiro atoms. The summed E-state index contributed by atoms with van der Waals surface area (Å²) in [6.45, 7) is 8.00. The van der Waals surface area contributed by atoms with Crippen molar-refractivity contribution in [3.63, 3.8) is 0 Å². The van der Waals surface area contributed by atoms with Crippen molar-refractivity contribution in [2.45, 2.75) is 27.7 Å². The van der Waals surface area contributed by atoms with Crippen molar-refractivity contribution in [2.24, 2.45) is 0 Å². The second-order valence-electron chi connectivity index (χ2n) is 4.25. The first-order valence-corrected chi connectivity index (χ1v) is 11.7. The lowest BCUT2D eigenvalue weighted by Gasteiger charge is -2.01. The third kappa shape index (κ3) is 12.1. The molecule has 0 aliphatic carbocycles. The second kappa shape index (κ2) is 16.0. The summed E-state index contributed by atoms with van der Waals surface area (Å²) in [5.41, 5.74) is -0.689. The molecule has 0 radical (unpaired) electrons. The minimum atomic E-state index is -4.72. The number of aromatic nitrogens is 2. The third-order valence-electron chi connectivity index (χ3n) is 2.54. The summed E-state index contributed by atoms with van der Waals surface area (Å²) in [5.74, 6) is 0. The standard InChI is InChI=1S/2C6H4ClNO4S.2C2H6.ClH/c2*7-6(9)5-3-1-2-4-8(5)13(10,11)12;2*1-2;/h2*1-4H;2*1-2H3;1H. The molecule has 0 aromatic carbocycles. The minimum Gasteiger partial charge on any atom is -1.00 e. The summed E-state index contributed by atoms with van der Waals surface area (Å²) in [6.07, 6.45) is 1.98. The lowest BCUT2D eigenvalue weighted by Crippen LogP contribution is -3.00. The van der Waals surface area contributed by atoms with Gasteiger partial charge in [0.15, 0.2) is 12.4 Å². The fourth-order valence-electron chi connectivity index (χ4n) is 1.56. The van der Waals surface area contributed by atoms with E-state index in [0.717, 1.165) is 18.5 Å². The SMILES string of the molecule is CC.CC.O=C(Cl)c1cccc[n+]1S(=O)(=O)O.O=C(Cl)c1cccc[n+]1S(=O)(=O)[O-].[Cl-]. The highest BCUT2D eigenvalue weighted by Gasteiger charge is 2.26. The maximum Gasteiger partial charge on any atom is 0.512 e. The molecular weight excluding hydrogens is 519 g/mol. The summed E-state index contributed by atoms with van der Waals surface area (Å²) in [5, 5.41) is -1.96. The zero-order chi connectivity index (χ0) is 24.1. The van der Waals surface area contributed by atoms with Crippen LogP contribution in [-0.2, 0) is 20.6 Å². The summed E-state index contributed by atoms with van der Waals surface area (Å²) < 4.78 is 62.3. The number of hydrogen-bond donors (Lipinski definition) is 1. The lowest BCUT2D eigenvalue weighted by molar-refractivity contribution is -0.522. The number of rotatable bonds is 4. The Balaban J connectivity index is -0.000000424. The molecule has 0 aliphatic heterocycles. The van der Waals surface area contributed by atoms with Crippen LogP contribution in [-0.4, -0.2) is 36.4 Å². The second-order valence-corrected chi connectivity index (χ2v) is 7.47. The lowest BCUT2D eigenvalue weighted by atomic mass is 10.4. The molecule has 0 aliphatic rings. The largest absolute Gasteiger partial charge is 1.00 e. The Hall–Kier alpha value is -1.67. The molecule has 0 amide bonds. The third-order valence-corrected chi connectivity index (χ3v) is 4.54. The first-order valence-electron chi connectivity index (χ1n) is 8.21. The van der Waals surface area contributed by atoms with Gasteiger partial charge in [0, 0.05) is 24.3 Å². The highest BCUT2D eigenvalue weighted by atomic mass is 35.5. The topological polar surface area (TPSA) is 153 Å². The smallest absolute Gasteiger partial charge is 0.512 e. The molecule has 10 nitrogen and oxygen atoms in total. The van der Waals surface area contributed by atoms with Crippen LogP contribution in [0.25, 0.3) is 0 Å². The average Bonchev–Trinajstić information content (AvgIpc) is 2.70. The first-order chi connectivity index (χ1) is 13.9. The van der Waals surface area contributed by atoms with E-state index in [4.69, 9.17) is 27.8 Å². The zero-order valence-electron chi connectivity index (χ0n) is 16.8. The van der Waals surface area contributed by atoms with Gasteiger partial charge in [-0.1, -0.05) is 35.6 Å². The molecule has 0 unspecified atom stereocenters. The molecule has 15 heteroatoms. The van der Waals surface area contributed by atoms with Gasteiger partial charge < -0.3 is 17.0 Å². The molecule has 2 rings (SSSR count). The summed E-state index contributed by atoms with van der Waals surface area (Å²) in [6, 6.07) is 7.80. The van der Waals surface area contributed by atoms with Crippen LogP contribution in [0.1, 0.15) is 48.7 Å². The molecule has 0 fully saturated rings. The molecule has 2 aromatic rings. The van der Waals surface area contributed by atoms with Gasteiger partial charge in [-0.2, -0.15) is 8.42 Å². The molecule has 0 atom stereocenters. The highest BCUT2D eigenvalue weighted by molar-refractivity contribution is 7.79. The molecule has 1 N–H and O–H groups in total. The predicted octanol–water partition coefficient (Wildman–Crippen LogP) is -1.28. The Morgan fingerprint density at radius 3 is 1.35 bits per heavy atom. The molecule has 0 saturated heterocycles. The van der Waals surface area contributed by atoms with Crippen LogP contribution in [0.3, 0.4) is 0 Å². The van der Waals surface area contributed by atoms with E-state index in [-0.39, 0.29) is 27.8 Å². The van der Waals surface area contributed by atoms with Gasteiger partial charge >= 0.3 is 31.1 Å². The zero-order valence-corrected chi connectivity index (χ0v) is 20.7. The Labute approximate surface area is 197 Å². The normalized spacial score (nSPS) is 9.81. The fourth-order valence-corrected chi connectivity index (χ4v) is 3.19. The van der Waals surface area contributed by atoms with E-state index in [9.17, 15) is 31.0 Å². The summed E-state index contributed by atoms with van der Waals surface area (Å²) >= 11 is 10.1. The van der Waals surface area contributed by atoms with Gasteiger partial charge in [-0.25, -0.2) is 4.55 Å². The van der Waals surface area contributed by atoms with E-state index < -0.39 is 31.1 Å². The highest BCUT2D eigenvalue weighted by Crippen LogP contribution is 1.98. The van der Waals surface area contributed by atoms with Gasteiger partial charge in [0.25, 0.3) is 11.4 Å². The van der Waals surface area contributed by atoms with Gasteiger partial charge in [-0.15, -0.1) is 8.42 Å². The predicted molar refractivity (Wildman–Crippen MR) is 108 cm³/mol. The van der Waals surface area contributed by atoms with Gasteiger partial charge in [-0.05, 0) is 35.3 Å². The molecule has 0 bridgehead atoms. The Bertz CT molecular complexity index is 977. The van der Waals surface area contributed by atoms with E-state index in [1.54, 1.807) is 0 Å². The van der Waals surface area contributed by atoms with E-state index in [1.165, 1.54) is 30.3 Å². The van der Waals surface area contributed by atoms with Crippen LogP contribution in [0, 0.1) is 0 Å². The van der Waals surface area contributed by atoms with Crippen LogP contribution in [0.4, 0.5) is 0 Å². The van der Waals surface area contributed by atoms with Gasteiger partial charge in [-0.3, -0.25) is 9.59 Å². The molecule has 31 heavy (non-hydrogen) atoms. The van der Waals surface area contributed by atoms with Crippen molar-refractivity contribution in [3.8, 4) is 0 Å². The van der Waals surface area contributed by atoms with Crippen LogP contribution in [0.5, 0.6) is 0 Å². The maximum absolute atomic E-state index is 10.7. The molecule has 0 saturated carbocycles. The Kier molecular flexibility index (Phi) is 17.6. The molecule has 2 heterocycles. The number of pyridine rings is 2. The number of halogens is 3. The van der Waals surface area contributed by atoms with Crippen molar-refractivity contribution < 1.29 is 55.9 Å². The number of nitrogens with zero attached hydrogens (tertiary/aromatic N) is 2. The van der Waals surface area contributed by atoms with Crippen molar-refractivity contribution in [1.29, 1.82) is 0 Å². The van der Waals surface area contributed by atoms with E-state index in [2.05, 4.69) is 0 Å². The quantitative estimate of drug-likeness (QED) is 0.286. The van der Waals surface area contributed by atoms with Crippen LogP contribution >= 0.6 is 23.2 Å². The van der Waals surface area contributed by atoms with Crippen molar-refractivity contribution in [3.05, 3.63) is 60.2 Å². The Morgan fingerprint density at radius 1 is 0.806 bits per heavy atom. The molecular formula is C16H21Cl3N2O8S2. The van der Waals surface area contributed by atoms with E-state index in [1.807, 2.05) is 27.7 Å². The fraction of sp³-hybridized carbons (Fsp3) is 0.250. The van der Waals surface area contributed by atoms with Gasteiger partial charge in [0.05, 0.1) is 0 Å². The number of hydrogen-bond acceptors (Lipinski definition) is 7. The first kappa shape index (κ1) is 34.0. The van der Waals surface area contributed by atoms with E-state index >= 15 is 0 Å². The average molecular weight is 540 g/mol. The van der Waals surface area contributed by atoms with Gasteiger partial charge in [0.2, 0.25) is 0 Å².